The maximum Gasteiger partial charge on any atom is 0.157 e. The van der Waals surface area contributed by atoms with Crippen LogP contribution >= 0.6 is 0 Å². The molecule has 1 aliphatic rings. The van der Waals surface area contributed by atoms with E-state index in [0.717, 1.165) is 32.1 Å². The molecule has 108 valence electrons. The van der Waals surface area contributed by atoms with Gasteiger partial charge in [-0.1, -0.05) is 25.3 Å². The number of methoxy groups -OCH3 is 1. The Kier molecular flexibility index (Phi) is 4.66. The van der Waals surface area contributed by atoms with Crippen LogP contribution in [0.15, 0.2) is 18.2 Å². The Morgan fingerprint density at radius 1 is 1.30 bits per heavy atom. The molecule has 0 unspecified atom stereocenters. The number of ether oxygens (including phenoxy) is 1. The lowest BCUT2D eigenvalue weighted by Gasteiger charge is -2.21. The zero-order chi connectivity index (χ0) is 14.6. The van der Waals surface area contributed by atoms with Gasteiger partial charge in [-0.15, -0.1) is 0 Å². The first-order valence-corrected chi connectivity index (χ1v) is 8.57. The van der Waals surface area contributed by atoms with Gasteiger partial charge in [0.2, 0.25) is 0 Å². The van der Waals surface area contributed by atoms with Gasteiger partial charge in [0.05, 0.1) is 23.7 Å². The zero-order valence-electron chi connectivity index (χ0n) is 11.6. The molecule has 0 N–H and O–H groups in total. The number of hydrogen-bond donors (Lipinski definition) is 0. The molecule has 0 saturated heterocycles. The Morgan fingerprint density at radius 2 is 2.00 bits per heavy atom. The van der Waals surface area contributed by atoms with E-state index < -0.39 is 9.84 Å². The fourth-order valence-corrected chi connectivity index (χ4v) is 4.62. The molecule has 1 aliphatic carbocycles. The first-order chi connectivity index (χ1) is 9.56. The summed E-state index contributed by atoms with van der Waals surface area (Å²) < 4.78 is 29.9. The summed E-state index contributed by atoms with van der Waals surface area (Å²) in [5, 5.41) is 8.72. The van der Waals surface area contributed by atoms with E-state index in [4.69, 9.17) is 10.00 Å². The first kappa shape index (κ1) is 14.9. The van der Waals surface area contributed by atoms with Crippen LogP contribution in [0.3, 0.4) is 0 Å². The Bertz CT molecular complexity index is 610. The fraction of sp³-hybridized carbons (Fsp3) is 0.533. The van der Waals surface area contributed by atoms with Crippen LogP contribution in [0.25, 0.3) is 0 Å². The number of rotatable bonds is 4. The summed E-state index contributed by atoms with van der Waals surface area (Å²) in [5.41, 5.74) is 1.11. The van der Waals surface area contributed by atoms with Crippen molar-refractivity contribution in [1.29, 1.82) is 5.26 Å². The highest BCUT2D eigenvalue weighted by Crippen LogP contribution is 2.27. The molecule has 0 heterocycles. The van der Waals surface area contributed by atoms with Gasteiger partial charge in [-0.25, -0.2) is 8.42 Å². The molecular formula is C15H19NO3S. The molecule has 1 saturated carbocycles. The summed E-state index contributed by atoms with van der Waals surface area (Å²) in [7, 11) is -1.64. The molecule has 0 bridgehead atoms. The molecule has 20 heavy (non-hydrogen) atoms. The van der Waals surface area contributed by atoms with E-state index in [2.05, 4.69) is 0 Å². The number of nitriles is 1. The fourth-order valence-electron chi connectivity index (χ4n) is 2.69. The second-order valence-corrected chi connectivity index (χ2v) is 7.49. The Hall–Kier alpha value is -1.54. The van der Waals surface area contributed by atoms with Crippen LogP contribution in [0, 0.1) is 11.3 Å². The van der Waals surface area contributed by atoms with E-state index >= 15 is 0 Å². The lowest BCUT2D eigenvalue weighted by atomic mass is 10.0. The molecular weight excluding hydrogens is 274 g/mol. The molecule has 0 amide bonds. The van der Waals surface area contributed by atoms with Gasteiger partial charge in [0.15, 0.2) is 9.84 Å². The average Bonchev–Trinajstić information content (AvgIpc) is 2.47. The van der Waals surface area contributed by atoms with Crippen LogP contribution < -0.4 is 4.74 Å². The maximum absolute atomic E-state index is 12.4. The van der Waals surface area contributed by atoms with Gasteiger partial charge in [0.25, 0.3) is 0 Å². The quantitative estimate of drug-likeness (QED) is 0.856. The van der Waals surface area contributed by atoms with Gasteiger partial charge in [-0.3, -0.25) is 0 Å². The minimum absolute atomic E-state index is 0.0275. The number of nitrogens with zero attached hydrogens (tertiary/aromatic N) is 1. The summed E-state index contributed by atoms with van der Waals surface area (Å²) in [6, 6.07) is 6.99. The van der Waals surface area contributed by atoms with E-state index in [-0.39, 0.29) is 11.0 Å². The van der Waals surface area contributed by atoms with Crippen LogP contribution in [0.1, 0.15) is 43.2 Å². The largest absolute Gasteiger partial charge is 0.495 e. The summed E-state index contributed by atoms with van der Waals surface area (Å²) >= 11 is 0. The van der Waals surface area contributed by atoms with Gasteiger partial charge < -0.3 is 4.74 Å². The standard InChI is InChI=1S/C15H19NO3S/c1-19-15-9-12(7-8-13(15)10-16)11-20(17,18)14-5-3-2-4-6-14/h7-9,14H,2-6,11H2,1H3. The smallest absolute Gasteiger partial charge is 0.157 e. The number of hydrogen-bond acceptors (Lipinski definition) is 4. The average molecular weight is 293 g/mol. The highest BCUT2D eigenvalue weighted by Gasteiger charge is 2.27. The van der Waals surface area contributed by atoms with E-state index in [1.54, 1.807) is 18.2 Å². The number of sulfone groups is 1. The van der Waals surface area contributed by atoms with Crippen molar-refractivity contribution >= 4 is 9.84 Å². The molecule has 0 radical (unpaired) electrons. The number of benzene rings is 1. The molecule has 1 aromatic rings. The van der Waals surface area contributed by atoms with Crippen molar-refractivity contribution in [3.8, 4) is 11.8 Å². The minimum atomic E-state index is -3.12. The molecule has 0 atom stereocenters. The lowest BCUT2D eigenvalue weighted by molar-refractivity contribution is 0.413. The minimum Gasteiger partial charge on any atom is -0.495 e. The predicted octanol–water partition coefficient (Wildman–Crippen LogP) is 2.81. The van der Waals surface area contributed by atoms with Crippen LogP contribution in [-0.4, -0.2) is 20.8 Å². The third-order valence-corrected chi connectivity index (χ3v) is 6.04. The first-order valence-electron chi connectivity index (χ1n) is 6.85. The van der Waals surface area contributed by atoms with Crippen molar-refractivity contribution in [3.05, 3.63) is 29.3 Å². The topological polar surface area (TPSA) is 67.2 Å². The normalized spacial score (nSPS) is 16.6. The van der Waals surface area contributed by atoms with Crippen molar-refractivity contribution in [2.24, 2.45) is 0 Å². The zero-order valence-corrected chi connectivity index (χ0v) is 12.4. The molecule has 0 aromatic heterocycles. The molecule has 1 fully saturated rings. The molecule has 2 rings (SSSR count). The van der Waals surface area contributed by atoms with Gasteiger partial charge in [-0.05, 0) is 30.5 Å². The third kappa shape index (κ3) is 3.31. The monoisotopic (exact) mass is 293 g/mol. The van der Waals surface area contributed by atoms with Crippen LogP contribution in [0.4, 0.5) is 0 Å². The van der Waals surface area contributed by atoms with Crippen molar-refractivity contribution < 1.29 is 13.2 Å². The van der Waals surface area contributed by atoms with Gasteiger partial charge in [0.1, 0.15) is 11.8 Å². The van der Waals surface area contributed by atoms with Crippen molar-refractivity contribution in [2.45, 2.75) is 43.1 Å². The highest BCUT2D eigenvalue weighted by atomic mass is 32.2. The van der Waals surface area contributed by atoms with E-state index in [1.165, 1.54) is 7.11 Å². The van der Waals surface area contributed by atoms with Crippen LogP contribution in [0.2, 0.25) is 0 Å². The second kappa shape index (κ2) is 6.27. The summed E-state index contributed by atoms with van der Waals surface area (Å²) in [6.07, 6.45) is 4.68. The summed E-state index contributed by atoms with van der Waals surface area (Å²) in [6.45, 7) is 0. The van der Waals surface area contributed by atoms with Gasteiger partial charge >= 0.3 is 0 Å². The van der Waals surface area contributed by atoms with Crippen molar-refractivity contribution in [1.82, 2.24) is 0 Å². The Balaban J connectivity index is 2.19. The Labute approximate surface area is 120 Å². The molecule has 1 aromatic carbocycles. The van der Waals surface area contributed by atoms with E-state index in [0.29, 0.717) is 16.9 Å². The second-order valence-electron chi connectivity index (χ2n) is 5.21. The lowest BCUT2D eigenvalue weighted by Crippen LogP contribution is -2.25. The maximum atomic E-state index is 12.4. The SMILES string of the molecule is COc1cc(CS(=O)(=O)C2CCCCC2)ccc1C#N. The van der Waals surface area contributed by atoms with E-state index in [1.807, 2.05) is 6.07 Å². The van der Waals surface area contributed by atoms with Gasteiger partial charge in [0, 0.05) is 0 Å². The van der Waals surface area contributed by atoms with Gasteiger partial charge in [-0.2, -0.15) is 5.26 Å². The molecule has 0 spiro atoms. The Morgan fingerprint density at radius 3 is 2.60 bits per heavy atom. The molecule has 4 nitrogen and oxygen atoms in total. The third-order valence-electron chi connectivity index (χ3n) is 3.81. The van der Waals surface area contributed by atoms with Crippen molar-refractivity contribution in [3.63, 3.8) is 0 Å². The molecule has 0 aliphatic heterocycles. The molecule has 5 heteroatoms. The van der Waals surface area contributed by atoms with E-state index in [9.17, 15) is 8.42 Å². The van der Waals surface area contributed by atoms with Crippen LogP contribution in [-0.2, 0) is 15.6 Å². The summed E-state index contributed by atoms with van der Waals surface area (Å²) in [4.78, 5) is 0. The highest BCUT2D eigenvalue weighted by molar-refractivity contribution is 7.91. The van der Waals surface area contributed by atoms with Crippen molar-refractivity contribution in [2.75, 3.05) is 7.11 Å². The van der Waals surface area contributed by atoms with Crippen LogP contribution in [0.5, 0.6) is 5.75 Å². The summed E-state index contributed by atoms with van der Waals surface area (Å²) in [5.74, 6) is 0.462. The predicted molar refractivity (Wildman–Crippen MR) is 77.2 cm³/mol.